The molecule has 25 heavy (non-hydrogen) atoms. The predicted octanol–water partition coefficient (Wildman–Crippen LogP) is 2.74. The first kappa shape index (κ1) is 17.1. The molecule has 0 amide bonds. The van der Waals surface area contributed by atoms with Crippen molar-refractivity contribution in [3.05, 3.63) is 40.8 Å². The highest BCUT2D eigenvalue weighted by Gasteiger charge is 2.37. The number of aliphatic hydroxyl groups excluding tert-OH is 1. The quantitative estimate of drug-likeness (QED) is 0.904. The van der Waals surface area contributed by atoms with Gasteiger partial charge >= 0.3 is 0 Å². The van der Waals surface area contributed by atoms with Gasteiger partial charge in [0.05, 0.1) is 29.9 Å². The molecule has 0 radical (unpaired) electrons. The summed E-state index contributed by atoms with van der Waals surface area (Å²) in [6.07, 6.45) is 0.513. The molecule has 1 aromatic carbocycles. The average Bonchev–Trinajstić information content (AvgIpc) is 3.30. The Hall–Kier alpha value is -1.38. The molecule has 2 aliphatic rings. The number of thiazole rings is 1. The molecule has 0 saturated carbocycles. The van der Waals surface area contributed by atoms with E-state index in [9.17, 15) is 9.50 Å². The van der Waals surface area contributed by atoms with Crippen LogP contribution in [0, 0.1) is 5.82 Å². The van der Waals surface area contributed by atoms with E-state index in [1.54, 1.807) is 12.1 Å². The largest absolute Gasteiger partial charge is 0.392 e. The second kappa shape index (κ2) is 6.74. The minimum atomic E-state index is -0.817. The number of β-amino-alcohol motifs (C(OH)–C–C–N with tert-alkyl or cyclic N) is 1. The molecule has 2 saturated heterocycles. The molecule has 0 spiro atoms. The van der Waals surface area contributed by atoms with Gasteiger partial charge in [-0.25, -0.2) is 9.37 Å². The molecule has 3 heterocycles. The van der Waals surface area contributed by atoms with Crippen molar-refractivity contribution >= 4 is 11.3 Å². The smallest absolute Gasteiger partial charge is 0.219 e. The van der Waals surface area contributed by atoms with Crippen LogP contribution in [0.3, 0.4) is 0 Å². The molecule has 4 rings (SSSR count). The van der Waals surface area contributed by atoms with Crippen molar-refractivity contribution in [2.24, 2.45) is 0 Å². The molecule has 0 aliphatic carbocycles. The first-order chi connectivity index (χ1) is 12.0. The number of rotatable bonds is 4. The number of halogens is 1. The maximum absolute atomic E-state index is 13.3. The molecule has 1 atom stereocenters. The van der Waals surface area contributed by atoms with E-state index in [1.165, 1.54) is 23.5 Å². The van der Waals surface area contributed by atoms with Crippen molar-refractivity contribution in [2.75, 3.05) is 26.3 Å². The molecule has 1 aromatic heterocycles. The molecule has 2 fully saturated rings. The minimum absolute atomic E-state index is 0.257. The van der Waals surface area contributed by atoms with Crippen LogP contribution in [0.15, 0.2) is 24.3 Å². The number of hydrogen-bond acceptors (Lipinski definition) is 6. The topological polar surface area (TPSA) is 54.8 Å². The van der Waals surface area contributed by atoms with Crippen LogP contribution in [-0.2, 0) is 21.8 Å². The highest BCUT2D eigenvalue weighted by atomic mass is 32.1. The number of ether oxygens (including phenoxy) is 2. The molecule has 5 nitrogen and oxygen atoms in total. The van der Waals surface area contributed by atoms with Gasteiger partial charge in [0.15, 0.2) is 5.01 Å². The maximum Gasteiger partial charge on any atom is 0.219 e. The zero-order valence-corrected chi connectivity index (χ0v) is 14.9. The van der Waals surface area contributed by atoms with E-state index >= 15 is 0 Å². The summed E-state index contributed by atoms with van der Waals surface area (Å²) in [4.78, 5) is 7.99. The van der Waals surface area contributed by atoms with Gasteiger partial charge in [0.1, 0.15) is 5.82 Å². The van der Waals surface area contributed by atoms with E-state index < -0.39 is 5.79 Å². The Balaban J connectivity index is 1.69. The van der Waals surface area contributed by atoms with E-state index in [0.29, 0.717) is 26.3 Å². The summed E-state index contributed by atoms with van der Waals surface area (Å²) >= 11 is 1.53. The Labute approximate surface area is 150 Å². The van der Waals surface area contributed by atoms with Crippen molar-refractivity contribution in [1.29, 1.82) is 0 Å². The van der Waals surface area contributed by atoms with Crippen LogP contribution < -0.4 is 0 Å². The van der Waals surface area contributed by atoms with E-state index in [2.05, 4.69) is 4.90 Å². The summed E-state index contributed by atoms with van der Waals surface area (Å²) in [5, 5.41) is 10.5. The molecule has 1 N–H and O–H groups in total. The van der Waals surface area contributed by atoms with E-state index in [4.69, 9.17) is 14.5 Å². The van der Waals surface area contributed by atoms with Crippen molar-refractivity contribution < 1.29 is 19.0 Å². The first-order valence-corrected chi connectivity index (χ1v) is 9.29. The van der Waals surface area contributed by atoms with Gasteiger partial charge in [-0.1, -0.05) is 12.1 Å². The lowest BCUT2D eigenvalue weighted by Gasteiger charge is -2.19. The zero-order valence-electron chi connectivity index (χ0n) is 14.1. The molecule has 0 bridgehead atoms. The number of hydrogen-bond donors (Lipinski definition) is 1. The minimum Gasteiger partial charge on any atom is -0.392 e. The second-order valence-corrected chi connectivity index (χ2v) is 7.62. The molecule has 2 aromatic rings. The molecule has 7 heteroatoms. The van der Waals surface area contributed by atoms with Crippen LogP contribution in [0.25, 0.3) is 10.4 Å². The monoisotopic (exact) mass is 364 g/mol. The van der Waals surface area contributed by atoms with Gasteiger partial charge in [-0.15, -0.1) is 11.3 Å². The van der Waals surface area contributed by atoms with Crippen LogP contribution in [0.4, 0.5) is 4.39 Å². The Morgan fingerprint density at radius 2 is 2.04 bits per heavy atom. The van der Waals surface area contributed by atoms with Gasteiger partial charge in [0, 0.05) is 19.6 Å². The van der Waals surface area contributed by atoms with Gasteiger partial charge in [-0.2, -0.15) is 0 Å². The van der Waals surface area contributed by atoms with Crippen LogP contribution >= 0.6 is 11.3 Å². The number of likely N-dealkylation sites (tertiary alicyclic amines) is 1. The van der Waals surface area contributed by atoms with Gasteiger partial charge in [0.2, 0.25) is 5.79 Å². The van der Waals surface area contributed by atoms with Crippen LogP contribution in [0.2, 0.25) is 0 Å². The standard InChI is InChI=1S/C18H21FN2O3S/c1-18(23-8-9-24-18)17-20-15(11-21-7-6-14(22)10-21)16(25-17)12-2-4-13(19)5-3-12/h2-5,14,22H,6-11H2,1H3. The normalized spacial score (nSPS) is 23.4. The summed E-state index contributed by atoms with van der Waals surface area (Å²) in [5.74, 6) is -1.07. The van der Waals surface area contributed by atoms with Crippen LogP contribution in [0.1, 0.15) is 24.0 Å². The van der Waals surface area contributed by atoms with Gasteiger partial charge < -0.3 is 14.6 Å². The van der Waals surface area contributed by atoms with Crippen molar-refractivity contribution in [3.63, 3.8) is 0 Å². The SMILES string of the molecule is CC1(c2nc(CN3CCC(O)C3)c(-c3ccc(F)cc3)s2)OCCO1. The zero-order chi connectivity index (χ0) is 17.4. The third-order valence-corrected chi connectivity index (χ3v) is 5.98. The van der Waals surface area contributed by atoms with Crippen molar-refractivity contribution in [1.82, 2.24) is 9.88 Å². The highest BCUT2D eigenvalue weighted by molar-refractivity contribution is 7.15. The van der Waals surface area contributed by atoms with Crippen LogP contribution in [0.5, 0.6) is 0 Å². The fourth-order valence-electron chi connectivity index (χ4n) is 3.29. The summed E-state index contributed by atoms with van der Waals surface area (Å²) in [7, 11) is 0. The van der Waals surface area contributed by atoms with E-state index in [0.717, 1.165) is 34.1 Å². The summed E-state index contributed by atoms with van der Waals surface area (Å²) in [6.45, 7) is 5.14. The van der Waals surface area contributed by atoms with Crippen LogP contribution in [-0.4, -0.2) is 47.4 Å². The number of aromatic nitrogens is 1. The van der Waals surface area contributed by atoms with Crippen molar-refractivity contribution in [3.8, 4) is 10.4 Å². The molecule has 1 unspecified atom stereocenters. The molecular weight excluding hydrogens is 343 g/mol. The predicted molar refractivity (Wildman–Crippen MR) is 92.7 cm³/mol. The highest BCUT2D eigenvalue weighted by Crippen LogP contribution is 2.39. The fraction of sp³-hybridized carbons (Fsp3) is 0.500. The lowest BCUT2D eigenvalue weighted by Crippen LogP contribution is -2.24. The summed E-state index contributed by atoms with van der Waals surface area (Å²) in [6, 6.07) is 6.46. The average molecular weight is 364 g/mol. The number of nitrogens with zero attached hydrogens (tertiary/aromatic N) is 2. The maximum atomic E-state index is 13.3. The van der Waals surface area contributed by atoms with E-state index in [-0.39, 0.29) is 11.9 Å². The summed E-state index contributed by atoms with van der Waals surface area (Å²) < 4.78 is 24.8. The summed E-state index contributed by atoms with van der Waals surface area (Å²) in [5.41, 5.74) is 1.85. The Bertz CT molecular complexity index is 743. The van der Waals surface area contributed by atoms with Gasteiger partial charge in [-0.3, -0.25) is 4.90 Å². The van der Waals surface area contributed by atoms with E-state index in [1.807, 2.05) is 6.92 Å². The molecule has 134 valence electrons. The third kappa shape index (κ3) is 3.47. The van der Waals surface area contributed by atoms with Crippen molar-refractivity contribution in [2.45, 2.75) is 31.8 Å². The molecule has 2 aliphatic heterocycles. The first-order valence-electron chi connectivity index (χ1n) is 8.48. The second-order valence-electron chi connectivity index (χ2n) is 6.62. The van der Waals surface area contributed by atoms with Gasteiger partial charge in [0.25, 0.3) is 0 Å². The fourth-order valence-corrected chi connectivity index (χ4v) is 4.42. The van der Waals surface area contributed by atoms with Gasteiger partial charge in [-0.05, 0) is 31.0 Å². The number of aliphatic hydroxyl groups is 1. The Kier molecular flexibility index (Phi) is 4.59. The molecular formula is C18H21FN2O3S. The lowest BCUT2D eigenvalue weighted by molar-refractivity contribution is -0.149. The Morgan fingerprint density at radius 3 is 2.68 bits per heavy atom. The number of benzene rings is 1. The Morgan fingerprint density at radius 1 is 1.32 bits per heavy atom. The lowest BCUT2D eigenvalue weighted by atomic mass is 10.1. The third-order valence-electron chi connectivity index (χ3n) is 4.65.